The summed E-state index contributed by atoms with van der Waals surface area (Å²) in [4.78, 5) is 17.5. The topological polar surface area (TPSA) is 47.9 Å². The maximum absolute atomic E-state index is 12.7. The van der Waals surface area contributed by atoms with Crippen molar-refractivity contribution in [2.45, 2.75) is 6.92 Å². The van der Waals surface area contributed by atoms with Crippen molar-refractivity contribution in [2.75, 3.05) is 14.2 Å². The SMILES string of the molecule is CO/N=C(\C)c1ccccc1C(=O)c1cccc(OC)c1. The van der Waals surface area contributed by atoms with E-state index in [0.29, 0.717) is 22.6 Å². The van der Waals surface area contributed by atoms with Gasteiger partial charge in [-0.2, -0.15) is 0 Å². The minimum Gasteiger partial charge on any atom is -0.497 e. The molecule has 2 aromatic rings. The Hall–Kier alpha value is -2.62. The van der Waals surface area contributed by atoms with Crippen LogP contribution in [0.5, 0.6) is 5.75 Å². The second kappa shape index (κ2) is 6.70. The number of ketones is 1. The molecule has 0 atom stereocenters. The molecule has 0 aliphatic rings. The van der Waals surface area contributed by atoms with Gasteiger partial charge in [0.1, 0.15) is 12.9 Å². The highest BCUT2D eigenvalue weighted by atomic mass is 16.6. The van der Waals surface area contributed by atoms with E-state index in [1.807, 2.05) is 18.2 Å². The summed E-state index contributed by atoms with van der Waals surface area (Å²) in [6, 6.07) is 14.4. The molecular weight excluding hydrogens is 266 g/mol. The number of carbonyl (C=O) groups excluding carboxylic acids is 1. The first-order chi connectivity index (χ1) is 10.2. The van der Waals surface area contributed by atoms with E-state index in [1.54, 1.807) is 44.4 Å². The fourth-order valence-electron chi connectivity index (χ4n) is 2.10. The van der Waals surface area contributed by atoms with E-state index < -0.39 is 0 Å². The van der Waals surface area contributed by atoms with Crippen LogP contribution in [0, 0.1) is 0 Å². The summed E-state index contributed by atoms with van der Waals surface area (Å²) in [5, 5.41) is 3.91. The molecular formula is C17H17NO3. The first kappa shape index (κ1) is 14.8. The lowest BCUT2D eigenvalue weighted by molar-refractivity contribution is 0.103. The number of ether oxygens (including phenoxy) is 1. The zero-order valence-corrected chi connectivity index (χ0v) is 12.3. The summed E-state index contributed by atoms with van der Waals surface area (Å²) < 4.78 is 5.16. The highest BCUT2D eigenvalue weighted by Gasteiger charge is 2.15. The van der Waals surface area contributed by atoms with Crippen molar-refractivity contribution in [1.82, 2.24) is 0 Å². The molecule has 0 unspecified atom stereocenters. The number of nitrogens with zero attached hydrogens (tertiary/aromatic N) is 1. The molecule has 0 bridgehead atoms. The van der Waals surface area contributed by atoms with E-state index in [2.05, 4.69) is 5.16 Å². The highest BCUT2D eigenvalue weighted by Crippen LogP contribution is 2.19. The summed E-state index contributed by atoms with van der Waals surface area (Å²) in [5.74, 6) is 0.579. The monoisotopic (exact) mass is 283 g/mol. The van der Waals surface area contributed by atoms with Crippen LogP contribution in [-0.4, -0.2) is 25.7 Å². The Balaban J connectivity index is 2.46. The molecule has 2 rings (SSSR count). The molecule has 0 N–H and O–H groups in total. The van der Waals surface area contributed by atoms with Crippen LogP contribution in [0.4, 0.5) is 0 Å². The van der Waals surface area contributed by atoms with E-state index in [0.717, 1.165) is 5.56 Å². The van der Waals surface area contributed by atoms with Crippen molar-refractivity contribution in [1.29, 1.82) is 0 Å². The molecule has 0 saturated heterocycles. The summed E-state index contributed by atoms with van der Waals surface area (Å²) in [7, 11) is 3.06. The van der Waals surface area contributed by atoms with E-state index >= 15 is 0 Å². The average molecular weight is 283 g/mol. The predicted octanol–water partition coefficient (Wildman–Crippen LogP) is 3.30. The van der Waals surface area contributed by atoms with Gasteiger partial charge in [-0.1, -0.05) is 41.6 Å². The van der Waals surface area contributed by atoms with Gasteiger partial charge in [0, 0.05) is 16.7 Å². The average Bonchev–Trinajstić information content (AvgIpc) is 2.54. The molecule has 0 aromatic heterocycles. The van der Waals surface area contributed by atoms with E-state index in [9.17, 15) is 4.79 Å². The molecule has 108 valence electrons. The lowest BCUT2D eigenvalue weighted by Gasteiger charge is -2.09. The largest absolute Gasteiger partial charge is 0.497 e. The van der Waals surface area contributed by atoms with E-state index in [1.165, 1.54) is 7.11 Å². The number of rotatable bonds is 5. The van der Waals surface area contributed by atoms with Crippen LogP contribution in [-0.2, 0) is 4.84 Å². The maximum Gasteiger partial charge on any atom is 0.193 e. The van der Waals surface area contributed by atoms with Gasteiger partial charge in [-0.05, 0) is 19.1 Å². The zero-order valence-electron chi connectivity index (χ0n) is 12.3. The third kappa shape index (κ3) is 3.28. The second-order valence-electron chi connectivity index (χ2n) is 4.47. The molecule has 4 heteroatoms. The molecule has 0 aliphatic heterocycles. The number of hydrogen-bond donors (Lipinski definition) is 0. The molecule has 0 fully saturated rings. The smallest absolute Gasteiger partial charge is 0.193 e. The van der Waals surface area contributed by atoms with Crippen molar-refractivity contribution in [3.8, 4) is 5.75 Å². The first-order valence-electron chi connectivity index (χ1n) is 6.53. The van der Waals surface area contributed by atoms with Crippen LogP contribution in [0.3, 0.4) is 0 Å². The van der Waals surface area contributed by atoms with E-state index in [4.69, 9.17) is 9.57 Å². The normalized spacial score (nSPS) is 11.1. The third-order valence-corrected chi connectivity index (χ3v) is 3.12. The van der Waals surface area contributed by atoms with Crippen LogP contribution >= 0.6 is 0 Å². The Bertz CT molecular complexity index is 677. The van der Waals surface area contributed by atoms with Gasteiger partial charge >= 0.3 is 0 Å². The quantitative estimate of drug-likeness (QED) is 0.480. The lowest BCUT2D eigenvalue weighted by atomic mass is 9.96. The van der Waals surface area contributed by atoms with Gasteiger partial charge in [0.05, 0.1) is 12.8 Å². The molecule has 0 aliphatic carbocycles. The van der Waals surface area contributed by atoms with Crippen LogP contribution in [0.25, 0.3) is 0 Å². The number of benzene rings is 2. The molecule has 21 heavy (non-hydrogen) atoms. The molecule has 0 radical (unpaired) electrons. The van der Waals surface area contributed by atoms with Crippen molar-refractivity contribution < 1.29 is 14.4 Å². The zero-order chi connectivity index (χ0) is 15.2. The summed E-state index contributed by atoms with van der Waals surface area (Å²) in [5.41, 5.74) is 2.58. The van der Waals surface area contributed by atoms with Gasteiger partial charge in [0.2, 0.25) is 0 Å². The van der Waals surface area contributed by atoms with Gasteiger partial charge in [-0.25, -0.2) is 0 Å². The molecule has 2 aromatic carbocycles. The second-order valence-corrected chi connectivity index (χ2v) is 4.47. The van der Waals surface area contributed by atoms with Gasteiger partial charge in [0.25, 0.3) is 0 Å². The minimum absolute atomic E-state index is 0.0739. The summed E-state index contributed by atoms with van der Waals surface area (Å²) in [6.45, 7) is 1.81. The molecule has 0 spiro atoms. The van der Waals surface area contributed by atoms with Gasteiger partial charge in [-0.3, -0.25) is 4.79 Å². The highest BCUT2D eigenvalue weighted by molar-refractivity contribution is 6.16. The maximum atomic E-state index is 12.7. The van der Waals surface area contributed by atoms with Crippen molar-refractivity contribution in [3.05, 3.63) is 65.2 Å². The minimum atomic E-state index is -0.0739. The standard InChI is InChI=1S/C17H17NO3/c1-12(18-21-3)15-9-4-5-10-16(15)17(19)13-7-6-8-14(11-13)20-2/h4-11H,1-3H3/b18-12+. The van der Waals surface area contributed by atoms with Crippen LogP contribution < -0.4 is 4.74 Å². The Morgan fingerprint density at radius 1 is 1.00 bits per heavy atom. The fraction of sp³-hybridized carbons (Fsp3) is 0.176. The fourth-order valence-corrected chi connectivity index (χ4v) is 2.10. The van der Waals surface area contributed by atoms with Crippen LogP contribution in [0.2, 0.25) is 0 Å². The van der Waals surface area contributed by atoms with Crippen molar-refractivity contribution in [2.24, 2.45) is 5.16 Å². The Kier molecular flexibility index (Phi) is 4.72. The lowest BCUT2D eigenvalue weighted by Crippen LogP contribution is -2.09. The van der Waals surface area contributed by atoms with Gasteiger partial charge < -0.3 is 9.57 Å². The predicted molar refractivity (Wildman–Crippen MR) is 82.1 cm³/mol. The van der Waals surface area contributed by atoms with Crippen molar-refractivity contribution in [3.63, 3.8) is 0 Å². The number of oxime groups is 1. The van der Waals surface area contributed by atoms with Gasteiger partial charge in [-0.15, -0.1) is 0 Å². The van der Waals surface area contributed by atoms with Crippen LogP contribution in [0.1, 0.15) is 28.4 Å². The Morgan fingerprint density at radius 3 is 2.38 bits per heavy atom. The molecule has 0 saturated carbocycles. The van der Waals surface area contributed by atoms with Gasteiger partial charge in [0.15, 0.2) is 5.78 Å². The van der Waals surface area contributed by atoms with Crippen LogP contribution in [0.15, 0.2) is 53.7 Å². The van der Waals surface area contributed by atoms with Crippen molar-refractivity contribution >= 4 is 11.5 Å². The molecule has 4 nitrogen and oxygen atoms in total. The summed E-state index contributed by atoms with van der Waals surface area (Å²) in [6.07, 6.45) is 0. The Labute approximate surface area is 124 Å². The number of carbonyl (C=O) groups is 1. The Morgan fingerprint density at radius 2 is 1.71 bits per heavy atom. The first-order valence-corrected chi connectivity index (χ1v) is 6.53. The molecule has 0 heterocycles. The number of hydrogen-bond acceptors (Lipinski definition) is 4. The molecule has 0 amide bonds. The van der Waals surface area contributed by atoms with E-state index in [-0.39, 0.29) is 5.78 Å². The number of methoxy groups -OCH3 is 1. The third-order valence-electron chi connectivity index (χ3n) is 3.12. The summed E-state index contributed by atoms with van der Waals surface area (Å²) >= 11 is 0.